The first-order valence-corrected chi connectivity index (χ1v) is 6.65. The number of nitrogens with two attached hydrogens (primary N) is 1. The second-order valence-electron chi connectivity index (χ2n) is 4.96. The van der Waals surface area contributed by atoms with Crippen LogP contribution in [0.3, 0.4) is 0 Å². The molecule has 0 saturated carbocycles. The lowest BCUT2D eigenvalue weighted by atomic mass is 10.1. The highest BCUT2D eigenvalue weighted by Crippen LogP contribution is 2.26. The monoisotopic (exact) mass is 234 g/mol. The zero-order valence-electron chi connectivity index (χ0n) is 11.8. The fraction of sp³-hybridized carbons (Fsp3) is 0.600. The lowest BCUT2D eigenvalue weighted by Gasteiger charge is -2.36. The summed E-state index contributed by atoms with van der Waals surface area (Å²) in [5.74, 6) is 0. The minimum Gasteiger partial charge on any atom is -0.398 e. The number of hydrogen-bond acceptors (Lipinski definition) is 2. The average Bonchev–Trinajstić information content (AvgIpc) is 2.33. The number of aryl methyl sites for hydroxylation is 1. The summed E-state index contributed by atoms with van der Waals surface area (Å²) in [5, 5.41) is 0. The molecule has 2 heteroatoms. The van der Waals surface area contributed by atoms with Crippen molar-refractivity contribution in [1.82, 2.24) is 0 Å². The predicted octanol–water partition coefficient (Wildman–Crippen LogP) is 3.98. The van der Waals surface area contributed by atoms with Gasteiger partial charge in [-0.1, -0.05) is 19.9 Å². The molecule has 2 unspecified atom stereocenters. The summed E-state index contributed by atoms with van der Waals surface area (Å²) < 4.78 is 0. The molecule has 0 amide bonds. The molecule has 1 rings (SSSR count). The first kappa shape index (κ1) is 13.9. The molecule has 2 atom stereocenters. The second kappa shape index (κ2) is 5.95. The normalized spacial score (nSPS) is 14.4. The number of nitrogen functional groups attached to an aromatic ring is 1. The van der Waals surface area contributed by atoms with E-state index in [0.717, 1.165) is 24.1 Å². The molecule has 0 aliphatic heterocycles. The van der Waals surface area contributed by atoms with Gasteiger partial charge in [0, 0.05) is 23.5 Å². The van der Waals surface area contributed by atoms with Crippen LogP contribution in [0.25, 0.3) is 0 Å². The molecule has 0 spiro atoms. The van der Waals surface area contributed by atoms with Crippen molar-refractivity contribution in [3.63, 3.8) is 0 Å². The Labute approximate surface area is 106 Å². The number of anilines is 2. The lowest BCUT2D eigenvalue weighted by Crippen LogP contribution is -2.39. The van der Waals surface area contributed by atoms with Crippen molar-refractivity contribution in [2.45, 2.75) is 59.5 Å². The molecule has 17 heavy (non-hydrogen) atoms. The van der Waals surface area contributed by atoms with Crippen LogP contribution in [0.15, 0.2) is 18.2 Å². The van der Waals surface area contributed by atoms with Crippen LogP contribution in [0.5, 0.6) is 0 Å². The van der Waals surface area contributed by atoms with E-state index in [2.05, 4.69) is 57.7 Å². The van der Waals surface area contributed by atoms with E-state index in [-0.39, 0.29) is 0 Å². The van der Waals surface area contributed by atoms with E-state index in [9.17, 15) is 0 Å². The van der Waals surface area contributed by atoms with E-state index in [4.69, 9.17) is 5.73 Å². The summed E-state index contributed by atoms with van der Waals surface area (Å²) in [5.41, 5.74) is 9.30. The van der Waals surface area contributed by atoms with Crippen molar-refractivity contribution in [1.29, 1.82) is 0 Å². The quantitative estimate of drug-likeness (QED) is 0.781. The maximum absolute atomic E-state index is 6.01. The molecule has 0 saturated heterocycles. The molecule has 1 aromatic rings. The van der Waals surface area contributed by atoms with Crippen molar-refractivity contribution in [3.8, 4) is 0 Å². The van der Waals surface area contributed by atoms with Crippen molar-refractivity contribution in [2.24, 2.45) is 0 Å². The summed E-state index contributed by atoms with van der Waals surface area (Å²) in [6.07, 6.45) is 2.30. The van der Waals surface area contributed by atoms with E-state index in [1.807, 2.05) is 0 Å². The van der Waals surface area contributed by atoms with Crippen LogP contribution in [0.4, 0.5) is 11.4 Å². The van der Waals surface area contributed by atoms with Gasteiger partial charge in [0.15, 0.2) is 0 Å². The zero-order valence-corrected chi connectivity index (χ0v) is 11.8. The molecule has 0 aliphatic carbocycles. The van der Waals surface area contributed by atoms with Gasteiger partial charge in [-0.3, -0.25) is 0 Å². The summed E-state index contributed by atoms with van der Waals surface area (Å²) in [4.78, 5) is 2.48. The molecule has 2 nitrogen and oxygen atoms in total. The Balaban J connectivity index is 3.08. The Morgan fingerprint density at radius 1 is 1.12 bits per heavy atom. The van der Waals surface area contributed by atoms with Crippen LogP contribution >= 0.6 is 0 Å². The van der Waals surface area contributed by atoms with Gasteiger partial charge in [-0.05, 0) is 51.3 Å². The minimum absolute atomic E-state index is 0.548. The van der Waals surface area contributed by atoms with Crippen LogP contribution in [0, 0.1) is 6.92 Å². The van der Waals surface area contributed by atoms with E-state index >= 15 is 0 Å². The zero-order chi connectivity index (χ0) is 13.0. The van der Waals surface area contributed by atoms with Crippen LogP contribution in [-0.4, -0.2) is 12.1 Å². The smallest absolute Gasteiger partial charge is 0.0391 e. The van der Waals surface area contributed by atoms with Gasteiger partial charge in [-0.15, -0.1) is 0 Å². The average molecular weight is 234 g/mol. The Bertz CT molecular complexity index is 350. The van der Waals surface area contributed by atoms with Gasteiger partial charge in [0.05, 0.1) is 0 Å². The topological polar surface area (TPSA) is 29.3 Å². The number of hydrogen-bond donors (Lipinski definition) is 1. The highest BCUT2D eigenvalue weighted by atomic mass is 15.2. The van der Waals surface area contributed by atoms with Gasteiger partial charge in [-0.2, -0.15) is 0 Å². The molecule has 96 valence electrons. The SMILES string of the molecule is CCC(C)N(c1ccc(C)c(N)c1)C(C)CC. The van der Waals surface area contributed by atoms with Gasteiger partial charge in [-0.25, -0.2) is 0 Å². The van der Waals surface area contributed by atoms with E-state index < -0.39 is 0 Å². The first-order chi connectivity index (χ1) is 8.01. The van der Waals surface area contributed by atoms with Gasteiger partial charge >= 0.3 is 0 Å². The van der Waals surface area contributed by atoms with Gasteiger partial charge < -0.3 is 10.6 Å². The van der Waals surface area contributed by atoms with E-state index in [1.54, 1.807) is 0 Å². The molecule has 0 bridgehead atoms. The molecule has 0 aliphatic rings. The molecule has 1 aromatic carbocycles. The Hall–Kier alpha value is -1.18. The third kappa shape index (κ3) is 3.15. The van der Waals surface area contributed by atoms with Crippen LogP contribution in [0.1, 0.15) is 46.1 Å². The highest BCUT2D eigenvalue weighted by Gasteiger charge is 2.18. The minimum atomic E-state index is 0.548. The fourth-order valence-corrected chi connectivity index (χ4v) is 2.13. The standard InChI is InChI=1S/C15H26N2/c1-6-12(4)17(13(5)7-2)14-9-8-11(3)15(16)10-14/h8-10,12-13H,6-7,16H2,1-5H3. The summed E-state index contributed by atoms with van der Waals surface area (Å²) in [7, 11) is 0. The molecule has 0 aromatic heterocycles. The van der Waals surface area contributed by atoms with Gasteiger partial charge in [0.1, 0.15) is 0 Å². The Morgan fingerprint density at radius 3 is 2.06 bits per heavy atom. The number of rotatable bonds is 5. The molecular formula is C15H26N2. The van der Waals surface area contributed by atoms with Crippen molar-refractivity contribution in [2.75, 3.05) is 10.6 Å². The summed E-state index contributed by atoms with van der Waals surface area (Å²) in [6.45, 7) is 11.1. The van der Waals surface area contributed by atoms with Gasteiger partial charge in [0.25, 0.3) is 0 Å². The Kier molecular flexibility index (Phi) is 4.86. The molecular weight excluding hydrogens is 208 g/mol. The molecule has 0 radical (unpaired) electrons. The molecule has 2 N–H and O–H groups in total. The number of benzene rings is 1. The molecule has 0 heterocycles. The van der Waals surface area contributed by atoms with Gasteiger partial charge in [0.2, 0.25) is 0 Å². The summed E-state index contributed by atoms with van der Waals surface area (Å²) >= 11 is 0. The maximum atomic E-state index is 6.01. The maximum Gasteiger partial charge on any atom is 0.0391 e. The van der Waals surface area contributed by atoms with Crippen molar-refractivity contribution in [3.05, 3.63) is 23.8 Å². The van der Waals surface area contributed by atoms with Crippen LogP contribution in [0.2, 0.25) is 0 Å². The van der Waals surface area contributed by atoms with Crippen LogP contribution in [-0.2, 0) is 0 Å². The summed E-state index contributed by atoms with van der Waals surface area (Å²) in [6, 6.07) is 7.50. The third-order valence-electron chi connectivity index (χ3n) is 3.69. The lowest BCUT2D eigenvalue weighted by molar-refractivity contribution is 0.527. The second-order valence-corrected chi connectivity index (χ2v) is 4.96. The highest BCUT2D eigenvalue weighted by molar-refractivity contribution is 5.60. The molecule has 0 fully saturated rings. The largest absolute Gasteiger partial charge is 0.398 e. The Morgan fingerprint density at radius 2 is 1.65 bits per heavy atom. The van der Waals surface area contributed by atoms with E-state index in [1.165, 1.54) is 5.69 Å². The van der Waals surface area contributed by atoms with E-state index in [0.29, 0.717) is 12.1 Å². The third-order valence-corrected chi connectivity index (χ3v) is 3.69. The van der Waals surface area contributed by atoms with Crippen molar-refractivity contribution >= 4 is 11.4 Å². The number of nitrogens with zero attached hydrogens (tertiary/aromatic N) is 1. The fourth-order valence-electron chi connectivity index (χ4n) is 2.13. The van der Waals surface area contributed by atoms with Crippen LogP contribution < -0.4 is 10.6 Å². The predicted molar refractivity (Wildman–Crippen MR) is 77.6 cm³/mol. The van der Waals surface area contributed by atoms with Crippen molar-refractivity contribution < 1.29 is 0 Å². The first-order valence-electron chi connectivity index (χ1n) is 6.65.